The normalized spacial score (nSPS) is 24.2. The van der Waals surface area contributed by atoms with E-state index >= 15 is 0 Å². The molecule has 3 N–H and O–H groups in total. The van der Waals surface area contributed by atoms with Gasteiger partial charge in [-0.1, -0.05) is 0 Å². The number of nitrogens with one attached hydrogen (secondary N) is 3. The maximum atomic E-state index is 12.5. The van der Waals surface area contributed by atoms with Crippen molar-refractivity contribution in [2.45, 2.75) is 32.1 Å². The highest BCUT2D eigenvalue weighted by Crippen LogP contribution is 2.58. The van der Waals surface area contributed by atoms with Gasteiger partial charge >= 0.3 is 0 Å². The minimum Gasteiger partial charge on any atom is -0.326 e. The van der Waals surface area contributed by atoms with Gasteiger partial charge in [-0.05, 0) is 68.0 Å². The molecule has 2 heterocycles. The summed E-state index contributed by atoms with van der Waals surface area (Å²) in [5, 5.41) is 9.29. The first-order valence-electron chi connectivity index (χ1n) is 8.11. The van der Waals surface area contributed by atoms with Crippen LogP contribution in [0, 0.1) is 11.3 Å². The van der Waals surface area contributed by atoms with E-state index in [1.807, 2.05) is 18.2 Å². The van der Waals surface area contributed by atoms with Crippen molar-refractivity contribution in [2.24, 2.45) is 11.3 Å². The fourth-order valence-corrected chi connectivity index (χ4v) is 3.89. The molecule has 1 saturated heterocycles. The van der Waals surface area contributed by atoms with Crippen LogP contribution in [0.4, 0.5) is 11.4 Å². The molecule has 6 heteroatoms. The Kier molecular flexibility index (Phi) is 4.34. The second-order valence-electron chi connectivity index (χ2n) is 6.78. The van der Waals surface area contributed by atoms with Crippen molar-refractivity contribution in [2.75, 3.05) is 23.7 Å². The van der Waals surface area contributed by atoms with E-state index in [9.17, 15) is 9.59 Å². The predicted molar refractivity (Wildman–Crippen MR) is 91.9 cm³/mol. The highest BCUT2D eigenvalue weighted by atomic mass is 35.5. The van der Waals surface area contributed by atoms with Crippen LogP contribution in [0.3, 0.4) is 0 Å². The molecule has 2 amide bonds. The zero-order valence-electron chi connectivity index (χ0n) is 13.0. The van der Waals surface area contributed by atoms with Crippen LogP contribution in [0.2, 0.25) is 0 Å². The van der Waals surface area contributed by atoms with Gasteiger partial charge in [0.05, 0.1) is 0 Å². The van der Waals surface area contributed by atoms with Crippen LogP contribution in [0.15, 0.2) is 18.2 Å². The number of carbonyl (C=O) groups excluding carboxylic acids is 2. The number of hydrogen-bond donors (Lipinski definition) is 3. The van der Waals surface area contributed by atoms with Gasteiger partial charge in [-0.2, -0.15) is 0 Å². The van der Waals surface area contributed by atoms with Crippen LogP contribution in [-0.2, 0) is 16.0 Å². The summed E-state index contributed by atoms with van der Waals surface area (Å²) in [7, 11) is 0. The van der Waals surface area contributed by atoms with E-state index in [1.165, 1.54) is 0 Å². The number of fused-ring (bicyclic) bond motifs is 1. The molecule has 1 unspecified atom stereocenters. The Morgan fingerprint density at radius 3 is 2.78 bits per heavy atom. The lowest BCUT2D eigenvalue weighted by Crippen LogP contribution is -2.31. The third-order valence-electron chi connectivity index (χ3n) is 5.37. The number of amides is 2. The van der Waals surface area contributed by atoms with Gasteiger partial charge in [0.15, 0.2) is 0 Å². The van der Waals surface area contributed by atoms with E-state index in [-0.39, 0.29) is 35.6 Å². The molecule has 1 aromatic carbocycles. The predicted octanol–water partition coefficient (Wildman–Crippen LogP) is 2.32. The first-order chi connectivity index (χ1) is 10.7. The molecule has 5 nitrogen and oxygen atoms in total. The number of rotatable bonds is 2. The summed E-state index contributed by atoms with van der Waals surface area (Å²) >= 11 is 0. The Labute approximate surface area is 142 Å². The third kappa shape index (κ3) is 3.08. The zero-order valence-corrected chi connectivity index (χ0v) is 13.8. The summed E-state index contributed by atoms with van der Waals surface area (Å²) < 4.78 is 0. The maximum absolute atomic E-state index is 12.5. The second kappa shape index (κ2) is 6.13. The average molecular weight is 336 g/mol. The van der Waals surface area contributed by atoms with Crippen molar-refractivity contribution in [1.82, 2.24) is 5.32 Å². The number of anilines is 2. The molecule has 0 radical (unpaired) electrons. The standard InChI is InChI=1S/C17H21N3O2.ClH/c21-15-4-1-11-9-12(2-3-14(11)20-15)19-16(22)13-10-17(13)5-7-18-8-6-17;/h2-3,9,13,18H,1,4-8,10H2,(H,19,22)(H,20,21);1H. The number of benzene rings is 1. The van der Waals surface area contributed by atoms with Gasteiger partial charge in [0.1, 0.15) is 0 Å². The van der Waals surface area contributed by atoms with Gasteiger partial charge in [0.2, 0.25) is 11.8 Å². The van der Waals surface area contributed by atoms with E-state index in [0.717, 1.165) is 55.7 Å². The van der Waals surface area contributed by atoms with Crippen molar-refractivity contribution < 1.29 is 9.59 Å². The quantitative estimate of drug-likeness (QED) is 0.776. The van der Waals surface area contributed by atoms with E-state index in [4.69, 9.17) is 0 Å². The van der Waals surface area contributed by atoms with E-state index in [1.54, 1.807) is 0 Å². The molecule has 0 aromatic heterocycles. The molecule has 4 rings (SSSR count). The summed E-state index contributed by atoms with van der Waals surface area (Å²) in [6.07, 6.45) is 4.51. The topological polar surface area (TPSA) is 70.2 Å². The lowest BCUT2D eigenvalue weighted by Gasteiger charge is -2.23. The molecule has 2 aliphatic heterocycles. The van der Waals surface area contributed by atoms with E-state index < -0.39 is 0 Å². The Morgan fingerprint density at radius 1 is 1.22 bits per heavy atom. The highest BCUT2D eigenvalue weighted by Gasteiger charge is 2.57. The molecule has 1 aromatic rings. The minimum absolute atomic E-state index is 0. The van der Waals surface area contributed by atoms with Crippen LogP contribution < -0.4 is 16.0 Å². The Bertz CT molecular complexity index is 641. The highest BCUT2D eigenvalue weighted by molar-refractivity contribution is 5.97. The zero-order chi connectivity index (χ0) is 15.2. The molecule has 1 spiro atoms. The fraction of sp³-hybridized carbons (Fsp3) is 0.529. The van der Waals surface area contributed by atoms with Gasteiger partial charge in [-0.15, -0.1) is 12.4 Å². The molecule has 1 atom stereocenters. The van der Waals surface area contributed by atoms with Crippen molar-refractivity contribution in [3.05, 3.63) is 23.8 Å². The number of aryl methyl sites for hydroxylation is 1. The van der Waals surface area contributed by atoms with Gasteiger partial charge in [-0.25, -0.2) is 0 Å². The van der Waals surface area contributed by atoms with Crippen molar-refractivity contribution in [1.29, 1.82) is 0 Å². The number of carbonyl (C=O) groups is 2. The molecule has 2 fully saturated rings. The molecule has 23 heavy (non-hydrogen) atoms. The van der Waals surface area contributed by atoms with Crippen LogP contribution in [-0.4, -0.2) is 24.9 Å². The lowest BCUT2D eigenvalue weighted by atomic mass is 9.91. The SMILES string of the molecule is Cl.O=C1CCc2cc(NC(=O)C3CC34CCNCC4)ccc2N1. The van der Waals surface area contributed by atoms with Crippen molar-refractivity contribution in [3.63, 3.8) is 0 Å². The van der Waals surface area contributed by atoms with Gasteiger partial charge < -0.3 is 16.0 Å². The molecule has 3 aliphatic rings. The monoisotopic (exact) mass is 335 g/mol. The second-order valence-corrected chi connectivity index (χ2v) is 6.78. The van der Waals surface area contributed by atoms with Crippen LogP contribution in [0.25, 0.3) is 0 Å². The van der Waals surface area contributed by atoms with Crippen LogP contribution in [0.1, 0.15) is 31.2 Å². The van der Waals surface area contributed by atoms with Gasteiger partial charge in [0, 0.05) is 23.7 Å². The third-order valence-corrected chi connectivity index (χ3v) is 5.37. The molecule has 0 bridgehead atoms. The maximum Gasteiger partial charge on any atom is 0.228 e. The Hall–Kier alpha value is -1.59. The Morgan fingerprint density at radius 2 is 2.00 bits per heavy atom. The van der Waals surface area contributed by atoms with Crippen LogP contribution >= 0.6 is 12.4 Å². The molecule has 1 saturated carbocycles. The van der Waals surface area contributed by atoms with E-state index in [0.29, 0.717) is 6.42 Å². The number of hydrogen-bond acceptors (Lipinski definition) is 3. The first kappa shape index (κ1) is 16.3. The number of halogens is 1. The van der Waals surface area contributed by atoms with E-state index in [2.05, 4.69) is 16.0 Å². The lowest BCUT2D eigenvalue weighted by molar-refractivity contribution is -0.118. The van der Waals surface area contributed by atoms with Gasteiger partial charge in [-0.3, -0.25) is 9.59 Å². The summed E-state index contributed by atoms with van der Waals surface area (Å²) in [5.74, 6) is 0.391. The van der Waals surface area contributed by atoms with Crippen molar-refractivity contribution >= 4 is 35.6 Å². The molecule has 1 aliphatic carbocycles. The average Bonchev–Trinajstić information content (AvgIpc) is 3.21. The summed E-state index contributed by atoms with van der Waals surface area (Å²) in [6, 6.07) is 5.75. The molecule has 124 valence electrons. The largest absolute Gasteiger partial charge is 0.326 e. The molecular weight excluding hydrogens is 314 g/mol. The fourth-order valence-electron chi connectivity index (χ4n) is 3.89. The minimum atomic E-state index is 0. The summed E-state index contributed by atoms with van der Waals surface area (Å²) in [5.41, 5.74) is 3.08. The summed E-state index contributed by atoms with van der Waals surface area (Å²) in [4.78, 5) is 23.8. The summed E-state index contributed by atoms with van der Waals surface area (Å²) in [6.45, 7) is 2.06. The smallest absolute Gasteiger partial charge is 0.228 e. The van der Waals surface area contributed by atoms with Crippen molar-refractivity contribution in [3.8, 4) is 0 Å². The first-order valence-corrected chi connectivity index (χ1v) is 8.11. The Balaban J connectivity index is 0.00000156. The van der Waals surface area contributed by atoms with Gasteiger partial charge in [0.25, 0.3) is 0 Å². The molecular formula is C17H22ClN3O2. The van der Waals surface area contributed by atoms with Crippen LogP contribution in [0.5, 0.6) is 0 Å². The number of piperidine rings is 1.